The summed E-state index contributed by atoms with van der Waals surface area (Å²) >= 11 is 0. The van der Waals surface area contributed by atoms with Gasteiger partial charge >= 0.3 is 5.97 Å². The van der Waals surface area contributed by atoms with Crippen LogP contribution in [0.4, 0.5) is 0 Å². The molecule has 5 aliphatic carbocycles. The van der Waals surface area contributed by atoms with Gasteiger partial charge in [-0.3, -0.25) is 4.79 Å². The van der Waals surface area contributed by atoms with E-state index in [2.05, 4.69) is 54.5 Å². The molecule has 0 aliphatic heterocycles. The van der Waals surface area contributed by atoms with Crippen molar-refractivity contribution in [3.05, 3.63) is 22.8 Å². The normalized spacial score (nSPS) is 51.0. The van der Waals surface area contributed by atoms with Gasteiger partial charge in [-0.25, -0.2) is 0 Å². The molecule has 0 unspecified atom stereocenters. The van der Waals surface area contributed by atoms with Crippen molar-refractivity contribution in [1.82, 2.24) is 0 Å². The van der Waals surface area contributed by atoms with E-state index in [-0.39, 0.29) is 27.8 Å². The predicted molar refractivity (Wildman–Crippen MR) is 133 cm³/mol. The van der Waals surface area contributed by atoms with Crippen molar-refractivity contribution in [2.75, 3.05) is 0 Å². The van der Waals surface area contributed by atoms with Crippen LogP contribution in [0.15, 0.2) is 22.8 Å². The van der Waals surface area contributed by atoms with E-state index in [1.807, 2.05) is 0 Å². The van der Waals surface area contributed by atoms with Gasteiger partial charge in [-0.15, -0.1) is 0 Å². The Balaban J connectivity index is 1.65. The number of carboxylic acid groups (broad SMARTS) is 1. The van der Waals surface area contributed by atoms with Crippen LogP contribution in [0.1, 0.15) is 106 Å². The topological polar surface area (TPSA) is 57.5 Å². The van der Waals surface area contributed by atoms with E-state index in [9.17, 15) is 15.0 Å². The van der Waals surface area contributed by atoms with Gasteiger partial charge in [-0.2, -0.15) is 0 Å². The first-order chi connectivity index (χ1) is 15.3. The minimum atomic E-state index is -0.677. The lowest BCUT2D eigenvalue weighted by Gasteiger charge is -2.70. The first-order valence-electron chi connectivity index (χ1n) is 13.6. The van der Waals surface area contributed by atoms with Crippen molar-refractivity contribution in [3.63, 3.8) is 0 Å². The summed E-state index contributed by atoms with van der Waals surface area (Å²) in [4.78, 5) is 12.8. The van der Waals surface area contributed by atoms with Gasteiger partial charge in [0.1, 0.15) is 0 Å². The zero-order valence-corrected chi connectivity index (χ0v) is 22.1. The number of aliphatic hydroxyl groups is 1. The third-order valence-electron chi connectivity index (χ3n) is 12.8. The number of allylic oxidation sites excluding steroid dienone is 3. The third-order valence-corrected chi connectivity index (χ3v) is 12.8. The van der Waals surface area contributed by atoms with E-state index in [1.54, 1.807) is 0 Å². The van der Waals surface area contributed by atoms with E-state index < -0.39 is 11.4 Å². The van der Waals surface area contributed by atoms with Crippen molar-refractivity contribution >= 4 is 5.97 Å². The highest BCUT2D eigenvalue weighted by Crippen LogP contribution is 2.75. The molecule has 0 amide bonds. The molecule has 5 aliphatic rings. The lowest BCUT2D eigenvalue weighted by atomic mass is 9.34. The Labute approximate surface area is 201 Å². The number of aliphatic hydroxyl groups excluding tert-OH is 1. The number of hydrogen-bond acceptors (Lipinski definition) is 2. The number of aliphatic carboxylic acids is 1. The van der Waals surface area contributed by atoms with Crippen molar-refractivity contribution in [2.24, 2.45) is 44.8 Å². The molecule has 3 saturated carbocycles. The average molecular weight is 455 g/mol. The maximum Gasteiger partial charge on any atom is 0.314 e. The minimum absolute atomic E-state index is 0.0245. The molecule has 0 radical (unpaired) electrons. The van der Waals surface area contributed by atoms with Crippen molar-refractivity contribution in [2.45, 2.75) is 112 Å². The van der Waals surface area contributed by atoms with Gasteiger partial charge in [0.25, 0.3) is 0 Å². The smallest absolute Gasteiger partial charge is 0.314 e. The fourth-order valence-electron chi connectivity index (χ4n) is 10.2. The van der Waals surface area contributed by atoms with Crippen molar-refractivity contribution < 1.29 is 15.0 Å². The number of carbonyl (C=O) groups is 1. The summed E-state index contributed by atoms with van der Waals surface area (Å²) in [6.45, 7) is 16.7. The lowest BCUT2D eigenvalue weighted by molar-refractivity contribution is -0.197. The molecule has 184 valence electrons. The molecular weight excluding hydrogens is 408 g/mol. The summed E-state index contributed by atoms with van der Waals surface area (Å²) in [5, 5.41) is 21.4. The summed E-state index contributed by atoms with van der Waals surface area (Å²) < 4.78 is 0. The molecular formula is C30H46O3. The molecule has 3 nitrogen and oxygen atoms in total. The molecule has 0 heterocycles. The highest BCUT2D eigenvalue weighted by atomic mass is 16.4. The van der Waals surface area contributed by atoms with Crippen LogP contribution in [-0.2, 0) is 4.79 Å². The summed E-state index contributed by atoms with van der Waals surface area (Å²) in [7, 11) is 0. The Morgan fingerprint density at radius 3 is 2.30 bits per heavy atom. The van der Waals surface area contributed by atoms with Crippen molar-refractivity contribution in [3.8, 4) is 0 Å². The second-order valence-corrected chi connectivity index (χ2v) is 14.0. The zero-order valence-electron chi connectivity index (χ0n) is 22.1. The Morgan fingerprint density at radius 2 is 1.64 bits per heavy atom. The third kappa shape index (κ3) is 2.69. The first kappa shape index (κ1) is 23.6. The Bertz CT molecular complexity index is 942. The minimum Gasteiger partial charge on any atom is -0.481 e. The summed E-state index contributed by atoms with van der Waals surface area (Å²) in [6, 6.07) is 0. The van der Waals surface area contributed by atoms with Crippen LogP contribution < -0.4 is 0 Å². The molecule has 0 aromatic heterocycles. The van der Waals surface area contributed by atoms with E-state index in [1.165, 1.54) is 29.6 Å². The molecule has 8 atom stereocenters. The van der Waals surface area contributed by atoms with E-state index in [0.717, 1.165) is 44.9 Å². The predicted octanol–water partition coefficient (Wildman–Crippen LogP) is 7.15. The van der Waals surface area contributed by atoms with E-state index >= 15 is 0 Å². The SMILES string of the molecule is CC1=C2C3=CC[C@@H]4[C@@]5(C)CC[C@H](O)C(C)(C)[C@@H]5CC[C@@]4(C)[C@]3(C)CC[C@@]2(C(=O)O)CC[C@@H]1C. The van der Waals surface area contributed by atoms with Gasteiger partial charge < -0.3 is 10.2 Å². The number of carboxylic acids is 1. The van der Waals surface area contributed by atoms with Crippen LogP contribution in [0.3, 0.4) is 0 Å². The summed E-state index contributed by atoms with van der Waals surface area (Å²) in [5.74, 6) is 0.999. The van der Waals surface area contributed by atoms with Gasteiger partial charge in [0.2, 0.25) is 0 Å². The Hall–Kier alpha value is -1.09. The van der Waals surface area contributed by atoms with Gasteiger partial charge in [0.15, 0.2) is 0 Å². The van der Waals surface area contributed by atoms with Crippen LogP contribution in [0.25, 0.3) is 0 Å². The van der Waals surface area contributed by atoms with Gasteiger partial charge in [0.05, 0.1) is 11.5 Å². The molecule has 0 saturated heterocycles. The number of fused-ring (bicyclic) bond motifs is 7. The molecule has 0 spiro atoms. The van der Waals surface area contributed by atoms with E-state index in [4.69, 9.17) is 0 Å². The van der Waals surface area contributed by atoms with Crippen LogP contribution in [0.2, 0.25) is 0 Å². The van der Waals surface area contributed by atoms with Crippen LogP contribution in [-0.4, -0.2) is 22.3 Å². The largest absolute Gasteiger partial charge is 0.481 e. The second-order valence-electron chi connectivity index (χ2n) is 14.0. The van der Waals surface area contributed by atoms with Crippen molar-refractivity contribution in [1.29, 1.82) is 0 Å². The summed E-state index contributed by atoms with van der Waals surface area (Å²) in [6.07, 6.45) is 11.3. The zero-order chi connectivity index (χ0) is 24.2. The lowest BCUT2D eigenvalue weighted by Crippen LogP contribution is -2.64. The first-order valence-corrected chi connectivity index (χ1v) is 13.6. The second kappa shape index (κ2) is 6.99. The monoisotopic (exact) mass is 454 g/mol. The Morgan fingerprint density at radius 1 is 0.939 bits per heavy atom. The van der Waals surface area contributed by atoms with Crippen LogP contribution >= 0.6 is 0 Å². The Kier molecular flexibility index (Phi) is 5.01. The molecule has 3 heteroatoms. The molecule has 0 aromatic rings. The highest BCUT2D eigenvalue weighted by molar-refractivity contribution is 5.82. The van der Waals surface area contributed by atoms with Crippen LogP contribution in [0.5, 0.6) is 0 Å². The number of hydrogen-bond donors (Lipinski definition) is 2. The van der Waals surface area contributed by atoms with Gasteiger partial charge in [-0.05, 0) is 115 Å². The summed E-state index contributed by atoms with van der Waals surface area (Å²) in [5.41, 5.74) is 3.65. The standard InChI is InChI=1S/C30H46O3/c1-18-10-15-30(25(32)33)17-16-28(6)20(24(30)19(18)2)8-9-22-27(5)13-12-23(31)26(3,4)21(27)11-14-29(22,28)7/h8,18,21-23,31H,9-17H2,1-7H3,(H,32,33)/t18-,21-,22+,23-,27-,28+,29+,30-/m0/s1. The fraction of sp³-hybridized carbons (Fsp3) is 0.833. The molecule has 0 aromatic carbocycles. The van der Waals surface area contributed by atoms with Gasteiger partial charge in [0, 0.05) is 0 Å². The molecule has 0 bridgehead atoms. The highest BCUT2D eigenvalue weighted by Gasteiger charge is 2.68. The maximum atomic E-state index is 12.8. The fourth-order valence-corrected chi connectivity index (χ4v) is 10.2. The molecule has 33 heavy (non-hydrogen) atoms. The average Bonchev–Trinajstić information content (AvgIpc) is 2.74. The van der Waals surface area contributed by atoms with Gasteiger partial charge in [-0.1, -0.05) is 53.2 Å². The quantitative estimate of drug-likeness (QED) is 0.442. The molecule has 3 fully saturated rings. The number of rotatable bonds is 1. The maximum absolute atomic E-state index is 12.8. The van der Waals surface area contributed by atoms with E-state index in [0.29, 0.717) is 17.8 Å². The molecule has 2 N–H and O–H groups in total. The van der Waals surface area contributed by atoms with Crippen LogP contribution in [0, 0.1) is 44.8 Å². The molecule has 5 rings (SSSR count).